The molecule has 0 aliphatic rings. The van der Waals surface area contributed by atoms with E-state index in [0.717, 1.165) is 11.3 Å². The van der Waals surface area contributed by atoms with Gasteiger partial charge in [0.2, 0.25) is 5.91 Å². The molecule has 0 atom stereocenters. The summed E-state index contributed by atoms with van der Waals surface area (Å²) in [5.74, 6) is 0.739. The van der Waals surface area contributed by atoms with Crippen molar-refractivity contribution in [3.05, 3.63) is 65.2 Å². The molecule has 0 aliphatic heterocycles. The highest BCUT2D eigenvalue weighted by Gasteiger charge is 2.05. The van der Waals surface area contributed by atoms with Gasteiger partial charge < -0.3 is 10.1 Å². The van der Waals surface area contributed by atoms with Crippen LogP contribution in [0.25, 0.3) is 0 Å². The number of hydrogen-bond donors (Lipinski definition) is 1. The van der Waals surface area contributed by atoms with E-state index >= 15 is 0 Å². The molecule has 3 nitrogen and oxygen atoms in total. The molecule has 0 radical (unpaired) electrons. The van der Waals surface area contributed by atoms with Crippen molar-refractivity contribution in [3.8, 4) is 5.75 Å². The molecule has 104 valence electrons. The largest absolute Gasteiger partial charge is 0.492 e. The lowest BCUT2D eigenvalue weighted by atomic mass is 10.1. The lowest BCUT2D eigenvalue weighted by molar-refractivity contribution is -0.120. The number of halogens is 1. The summed E-state index contributed by atoms with van der Waals surface area (Å²) >= 11 is 6.00. The van der Waals surface area contributed by atoms with Crippen LogP contribution in [-0.2, 0) is 11.2 Å². The number of ether oxygens (including phenoxy) is 1. The van der Waals surface area contributed by atoms with Gasteiger partial charge in [-0.15, -0.1) is 0 Å². The van der Waals surface area contributed by atoms with Gasteiger partial charge in [0, 0.05) is 5.02 Å². The van der Waals surface area contributed by atoms with Crippen LogP contribution >= 0.6 is 11.6 Å². The summed E-state index contributed by atoms with van der Waals surface area (Å²) in [6.45, 7) is 0.913. The van der Waals surface area contributed by atoms with Crippen LogP contribution in [0.5, 0.6) is 5.75 Å². The minimum absolute atomic E-state index is 0.0604. The Hall–Kier alpha value is -2.00. The number of nitrogens with one attached hydrogen (secondary N) is 1. The van der Waals surface area contributed by atoms with E-state index in [4.69, 9.17) is 16.3 Å². The summed E-state index contributed by atoms with van der Waals surface area (Å²) in [5.41, 5.74) is 0.829. The van der Waals surface area contributed by atoms with Gasteiger partial charge in [0.1, 0.15) is 12.4 Å². The second kappa shape index (κ2) is 7.56. The van der Waals surface area contributed by atoms with E-state index in [1.165, 1.54) is 0 Å². The summed E-state index contributed by atoms with van der Waals surface area (Å²) in [4.78, 5) is 11.8. The van der Waals surface area contributed by atoms with Gasteiger partial charge in [-0.1, -0.05) is 48.0 Å². The molecule has 0 fully saturated rings. The maximum absolute atomic E-state index is 11.8. The fourth-order valence-corrected chi connectivity index (χ4v) is 1.96. The van der Waals surface area contributed by atoms with Crippen molar-refractivity contribution in [1.82, 2.24) is 5.32 Å². The number of hydrogen-bond acceptors (Lipinski definition) is 2. The molecule has 0 heterocycles. The molecule has 0 unspecified atom stereocenters. The first kappa shape index (κ1) is 14.4. The first-order valence-electron chi connectivity index (χ1n) is 6.43. The van der Waals surface area contributed by atoms with Crippen molar-refractivity contribution in [2.75, 3.05) is 13.2 Å². The molecular weight excluding hydrogens is 274 g/mol. The lowest BCUT2D eigenvalue weighted by Gasteiger charge is -2.08. The molecule has 2 aromatic rings. The van der Waals surface area contributed by atoms with Gasteiger partial charge in [-0.25, -0.2) is 0 Å². The first-order valence-corrected chi connectivity index (χ1v) is 6.81. The zero-order valence-electron chi connectivity index (χ0n) is 11.0. The molecular formula is C16H16ClNO2. The Morgan fingerprint density at radius 1 is 1.05 bits per heavy atom. The SMILES string of the molecule is O=C(Cc1ccccc1Cl)NCCOc1ccccc1. The van der Waals surface area contributed by atoms with E-state index in [9.17, 15) is 4.79 Å². The molecule has 0 bridgehead atoms. The van der Waals surface area contributed by atoms with Crippen LogP contribution in [0.1, 0.15) is 5.56 Å². The van der Waals surface area contributed by atoms with Crippen LogP contribution in [0.3, 0.4) is 0 Å². The number of para-hydroxylation sites is 1. The van der Waals surface area contributed by atoms with Gasteiger partial charge in [0.15, 0.2) is 0 Å². The normalized spacial score (nSPS) is 10.1. The molecule has 1 amide bonds. The van der Waals surface area contributed by atoms with E-state index in [-0.39, 0.29) is 12.3 Å². The summed E-state index contributed by atoms with van der Waals surface area (Å²) in [6.07, 6.45) is 0.283. The Morgan fingerprint density at radius 2 is 1.75 bits per heavy atom. The fourth-order valence-electron chi connectivity index (χ4n) is 1.75. The maximum Gasteiger partial charge on any atom is 0.224 e. The van der Waals surface area contributed by atoms with Crippen LogP contribution < -0.4 is 10.1 Å². The van der Waals surface area contributed by atoms with Crippen molar-refractivity contribution >= 4 is 17.5 Å². The highest BCUT2D eigenvalue weighted by atomic mass is 35.5. The standard InChI is InChI=1S/C16H16ClNO2/c17-15-9-5-4-6-13(15)12-16(19)18-10-11-20-14-7-2-1-3-8-14/h1-9H,10-12H2,(H,18,19). The van der Waals surface area contributed by atoms with E-state index in [2.05, 4.69) is 5.32 Å². The number of rotatable bonds is 6. The smallest absolute Gasteiger partial charge is 0.224 e. The van der Waals surface area contributed by atoms with Crippen LogP contribution in [0.4, 0.5) is 0 Å². The second-order valence-corrected chi connectivity index (χ2v) is 4.69. The highest BCUT2D eigenvalue weighted by Crippen LogP contribution is 2.15. The molecule has 1 N–H and O–H groups in total. The van der Waals surface area contributed by atoms with Crippen LogP contribution in [0.15, 0.2) is 54.6 Å². The molecule has 2 aromatic carbocycles. The Kier molecular flexibility index (Phi) is 5.44. The van der Waals surface area contributed by atoms with E-state index in [1.54, 1.807) is 6.07 Å². The minimum Gasteiger partial charge on any atom is -0.492 e. The highest BCUT2D eigenvalue weighted by molar-refractivity contribution is 6.31. The van der Waals surface area contributed by atoms with E-state index < -0.39 is 0 Å². The number of amides is 1. The van der Waals surface area contributed by atoms with Gasteiger partial charge in [0.25, 0.3) is 0 Å². The van der Waals surface area contributed by atoms with Crippen molar-refractivity contribution in [1.29, 1.82) is 0 Å². The Bertz CT molecular complexity index is 557. The fraction of sp³-hybridized carbons (Fsp3) is 0.188. The number of benzene rings is 2. The van der Waals surface area contributed by atoms with Gasteiger partial charge in [-0.2, -0.15) is 0 Å². The maximum atomic E-state index is 11.8. The predicted molar refractivity (Wildman–Crippen MR) is 80.1 cm³/mol. The molecule has 0 spiro atoms. The zero-order valence-corrected chi connectivity index (χ0v) is 11.8. The summed E-state index contributed by atoms with van der Waals surface area (Å²) in [5, 5.41) is 3.42. The molecule has 2 rings (SSSR count). The third-order valence-corrected chi connectivity index (χ3v) is 3.11. The molecule has 0 saturated heterocycles. The molecule has 0 aromatic heterocycles. The van der Waals surface area contributed by atoms with Crippen LogP contribution in [0.2, 0.25) is 5.02 Å². The number of carbonyl (C=O) groups is 1. The van der Waals surface area contributed by atoms with Crippen molar-refractivity contribution in [2.45, 2.75) is 6.42 Å². The molecule has 20 heavy (non-hydrogen) atoms. The quantitative estimate of drug-likeness (QED) is 0.830. The average Bonchev–Trinajstić information content (AvgIpc) is 2.47. The van der Waals surface area contributed by atoms with Crippen molar-refractivity contribution < 1.29 is 9.53 Å². The Morgan fingerprint density at radius 3 is 2.50 bits per heavy atom. The number of carbonyl (C=O) groups excluding carboxylic acids is 1. The van der Waals surface area contributed by atoms with Gasteiger partial charge in [0.05, 0.1) is 13.0 Å². The topological polar surface area (TPSA) is 38.3 Å². The third-order valence-electron chi connectivity index (χ3n) is 2.75. The Balaban J connectivity index is 1.69. The summed E-state index contributed by atoms with van der Waals surface area (Å²) in [7, 11) is 0. The van der Waals surface area contributed by atoms with E-state index in [0.29, 0.717) is 18.2 Å². The summed E-state index contributed by atoms with van der Waals surface area (Å²) < 4.78 is 5.49. The molecule has 0 aliphatic carbocycles. The Labute approximate surface area is 123 Å². The first-order chi connectivity index (χ1) is 9.75. The van der Waals surface area contributed by atoms with Gasteiger partial charge in [-0.05, 0) is 23.8 Å². The monoisotopic (exact) mass is 289 g/mol. The average molecular weight is 290 g/mol. The van der Waals surface area contributed by atoms with Crippen LogP contribution in [-0.4, -0.2) is 19.1 Å². The molecule has 4 heteroatoms. The van der Waals surface area contributed by atoms with Crippen molar-refractivity contribution in [3.63, 3.8) is 0 Å². The summed E-state index contributed by atoms with van der Waals surface area (Å²) in [6, 6.07) is 16.8. The van der Waals surface area contributed by atoms with Gasteiger partial charge in [-0.3, -0.25) is 4.79 Å². The predicted octanol–water partition coefficient (Wildman–Crippen LogP) is 3.08. The third kappa shape index (κ3) is 4.59. The van der Waals surface area contributed by atoms with E-state index in [1.807, 2.05) is 48.5 Å². The molecule has 0 saturated carbocycles. The van der Waals surface area contributed by atoms with Crippen LogP contribution in [0, 0.1) is 0 Å². The van der Waals surface area contributed by atoms with Gasteiger partial charge >= 0.3 is 0 Å². The zero-order chi connectivity index (χ0) is 14.2. The minimum atomic E-state index is -0.0604. The second-order valence-electron chi connectivity index (χ2n) is 4.28. The lowest BCUT2D eigenvalue weighted by Crippen LogP contribution is -2.29. The van der Waals surface area contributed by atoms with Crippen molar-refractivity contribution in [2.24, 2.45) is 0 Å².